The second-order valence-electron chi connectivity index (χ2n) is 7.09. The van der Waals surface area contributed by atoms with Crippen molar-refractivity contribution in [2.45, 2.75) is 6.92 Å². The number of hydrogen-bond donors (Lipinski definition) is 3. The van der Waals surface area contributed by atoms with E-state index in [9.17, 15) is 14.4 Å². The molecule has 11 heteroatoms. The van der Waals surface area contributed by atoms with Crippen LogP contribution in [0.25, 0.3) is 0 Å². The van der Waals surface area contributed by atoms with Gasteiger partial charge in [-0.1, -0.05) is 41.4 Å². The summed E-state index contributed by atoms with van der Waals surface area (Å²) >= 11 is 12.0. The average Bonchev–Trinajstić information content (AvgIpc) is 2.87. The Labute approximate surface area is 217 Å². The number of hydrogen-bond acceptors (Lipinski definition) is 6. The van der Waals surface area contributed by atoms with E-state index in [1.165, 1.54) is 6.21 Å². The van der Waals surface area contributed by atoms with Gasteiger partial charge in [0.05, 0.1) is 34.2 Å². The average molecular weight is 529 g/mol. The molecule has 3 aromatic carbocycles. The van der Waals surface area contributed by atoms with Crippen LogP contribution in [0.5, 0.6) is 11.5 Å². The van der Waals surface area contributed by atoms with Crippen molar-refractivity contribution >= 4 is 58.5 Å². The lowest BCUT2D eigenvalue weighted by atomic mass is 10.2. The fourth-order valence-electron chi connectivity index (χ4n) is 2.83. The van der Waals surface area contributed by atoms with Crippen LogP contribution < -0.4 is 25.5 Å². The monoisotopic (exact) mass is 528 g/mol. The number of para-hydroxylation sites is 2. The van der Waals surface area contributed by atoms with E-state index in [4.69, 9.17) is 32.7 Å². The lowest BCUT2D eigenvalue weighted by Crippen LogP contribution is -2.32. The summed E-state index contributed by atoms with van der Waals surface area (Å²) in [6.07, 6.45) is 1.36. The summed E-state index contributed by atoms with van der Waals surface area (Å²) < 4.78 is 10.9. The minimum absolute atomic E-state index is 0.242. The van der Waals surface area contributed by atoms with E-state index in [1.54, 1.807) is 66.7 Å². The molecule has 0 unspecified atom stereocenters. The summed E-state index contributed by atoms with van der Waals surface area (Å²) in [7, 11) is 0. The van der Waals surface area contributed by atoms with Crippen LogP contribution in [0.15, 0.2) is 71.8 Å². The van der Waals surface area contributed by atoms with E-state index >= 15 is 0 Å². The number of amides is 3. The van der Waals surface area contributed by atoms with E-state index in [0.717, 1.165) is 0 Å². The first-order valence-electron chi connectivity index (χ1n) is 10.7. The molecule has 0 heterocycles. The molecule has 3 amide bonds. The van der Waals surface area contributed by atoms with Crippen molar-refractivity contribution in [1.82, 2.24) is 5.43 Å². The van der Waals surface area contributed by atoms with Gasteiger partial charge in [0, 0.05) is 0 Å². The van der Waals surface area contributed by atoms with E-state index in [1.807, 2.05) is 6.92 Å². The zero-order chi connectivity index (χ0) is 25.9. The van der Waals surface area contributed by atoms with Crippen molar-refractivity contribution in [2.75, 3.05) is 23.8 Å². The SMILES string of the molecule is CCOc1ccccc1NC(=O)C(=O)N/N=C\c1ccc(OCC(=O)Nc2cccc(Cl)c2Cl)cc1. The highest BCUT2D eigenvalue weighted by molar-refractivity contribution is 6.44. The van der Waals surface area contributed by atoms with Crippen LogP contribution in [-0.4, -0.2) is 37.1 Å². The van der Waals surface area contributed by atoms with Crippen molar-refractivity contribution in [3.05, 3.63) is 82.3 Å². The minimum Gasteiger partial charge on any atom is -0.492 e. The van der Waals surface area contributed by atoms with Crippen molar-refractivity contribution in [1.29, 1.82) is 0 Å². The van der Waals surface area contributed by atoms with E-state index in [0.29, 0.717) is 40.1 Å². The fourth-order valence-corrected chi connectivity index (χ4v) is 3.18. The van der Waals surface area contributed by atoms with E-state index in [2.05, 4.69) is 21.2 Å². The lowest BCUT2D eigenvalue weighted by Gasteiger charge is -2.10. The Balaban J connectivity index is 1.46. The van der Waals surface area contributed by atoms with Crippen molar-refractivity contribution in [3.63, 3.8) is 0 Å². The first-order chi connectivity index (χ1) is 17.4. The third kappa shape index (κ3) is 7.72. The molecular formula is C25H22Cl2N4O5. The van der Waals surface area contributed by atoms with Crippen molar-refractivity contribution in [2.24, 2.45) is 5.10 Å². The minimum atomic E-state index is -0.941. The summed E-state index contributed by atoms with van der Waals surface area (Å²) in [5, 5.41) is 9.47. The van der Waals surface area contributed by atoms with Crippen LogP contribution in [0.3, 0.4) is 0 Å². The molecule has 0 aliphatic rings. The molecule has 0 saturated carbocycles. The Morgan fingerprint density at radius 3 is 2.33 bits per heavy atom. The number of benzene rings is 3. The molecule has 3 rings (SSSR count). The molecule has 0 saturated heterocycles. The Bertz CT molecular complexity index is 1270. The molecule has 0 fully saturated rings. The van der Waals surface area contributed by atoms with Gasteiger partial charge in [-0.05, 0) is 61.0 Å². The van der Waals surface area contributed by atoms with E-state index in [-0.39, 0.29) is 11.6 Å². The number of carbonyl (C=O) groups excluding carboxylic acids is 3. The molecule has 9 nitrogen and oxygen atoms in total. The molecule has 36 heavy (non-hydrogen) atoms. The summed E-state index contributed by atoms with van der Waals surface area (Å²) in [5.74, 6) is -1.34. The van der Waals surface area contributed by atoms with Gasteiger partial charge in [-0.2, -0.15) is 5.10 Å². The largest absolute Gasteiger partial charge is 0.492 e. The predicted molar refractivity (Wildman–Crippen MR) is 139 cm³/mol. The maximum atomic E-state index is 12.1. The quantitative estimate of drug-likeness (QED) is 0.214. The molecule has 0 aliphatic carbocycles. The van der Waals surface area contributed by atoms with E-state index < -0.39 is 17.7 Å². The van der Waals surface area contributed by atoms with Crippen LogP contribution in [0, 0.1) is 0 Å². The van der Waals surface area contributed by atoms with Crippen LogP contribution in [0.1, 0.15) is 12.5 Å². The van der Waals surface area contributed by atoms with Gasteiger partial charge >= 0.3 is 11.8 Å². The van der Waals surface area contributed by atoms with Gasteiger partial charge in [0.1, 0.15) is 11.5 Å². The predicted octanol–water partition coefficient (Wildman–Crippen LogP) is 4.50. The van der Waals surface area contributed by atoms with Crippen molar-refractivity contribution < 1.29 is 23.9 Å². The van der Waals surface area contributed by atoms with Crippen molar-refractivity contribution in [3.8, 4) is 11.5 Å². The number of anilines is 2. The number of nitrogens with zero attached hydrogens (tertiary/aromatic N) is 1. The van der Waals surface area contributed by atoms with Gasteiger partial charge in [0.15, 0.2) is 6.61 Å². The van der Waals surface area contributed by atoms with Gasteiger partial charge in [-0.3, -0.25) is 14.4 Å². The Hall–Kier alpha value is -4.08. The Kier molecular flexibility index (Phi) is 9.67. The number of halogens is 2. The first kappa shape index (κ1) is 26.5. The van der Waals surface area contributed by atoms with Gasteiger partial charge in [0.25, 0.3) is 5.91 Å². The summed E-state index contributed by atoms with van der Waals surface area (Å²) in [6, 6.07) is 18.3. The smallest absolute Gasteiger partial charge is 0.329 e. The summed E-state index contributed by atoms with van der Waals surface area (Å²) in [5.41, 5.74) is 3.55. The highest BCUT2D eigenvalue weighted by Crippen LogP contribution is 2.29. The third-order valence-electron chi connectivity index (χ3n) is 4.50. The maximum absolute atomic E-state index is 12.1. The number of carbonyl (C=O) groups is 3. The second-order valence-corrected chi connectivity index (χ2v) is 7.87. The van der Waals surface area contributed by atoms with Crippen LogP contribution in [-0.2, 0) is 14.4 Å². The number of ether oxygens (including phenoxy) is 2. The van der Waals surface area contributed by atoms with Gasteiger partial charge in [0.2, 0.25) is 0 Å². The lowest BCUT2D eigenvalue weighted by molar-refractivity contribution is -0.136. The molecule has 0 radical (unpaired) electrons. The van der Waals surface area contributed by atoms with Gasteiger partial charge < -0.3 is 20.1 Å². The second kappa shape index (κ2) is 13.1. The molecule has 186 valence electrons. The fraction of sp³-hybridized carbons (Fsp3) is 0.120. The number of rotatable bonds is 9. The normalized spacial score (nSPS) is 10.5. The third-order valence-corrected chi connectivity index (χ3v) is 5.32. The molecule has 0 bridgehead atoms. The molecule has 0 atom stereocenters. The molecule has 0 spiro atoms. The van der Waals surface area contributed by atoms with Crippen LogP contribution >= 0.6 is 23.2 Å². The first-order valence-corrected chi connectivity index (χ1v) is 11.5. The molecular weight excluding hydrogens is 507 g/mol. The topological polar surface area (TPSA) is 118 Å². The zero-order valence-electron chi connectivity index (χ0n) is 19.1. The molecule has 3 N–H and O–H groups in total. The van der Waals surface area contributed by atoms with Crippen LogP contribution in [0.2, 0.25) is 10.0 Å². The highest BCUT2D eigenvalue weighted by Gasteiger charge is 2.15. The summed E-state index contributed by atoms with van der Waals surface area (Å²) in [4.78, 5) is 36.3. The highest BCUT2D eigenvalue weighted by atomic mass is 35.5. The summed E-state index contributed by atoms with van der Waals surface area (Å²) in [6.45, 7) is 1.99. The Morgan fingerprint density at radius 2 is 1.58 bits per heavy atom. The maximum Gasteiger partial charge on any atom is 0.329 e. The number of nitrogens with one attached hydrogen (secondary N) is 3. The molecule has 3 aromatic rings. The number of hydrazone groups is 1. The molecule has 0 aromatic heterocycles. The standard InChI is InChI=1S/C25H22Cl2N4O5/c1-2-35-21-9-4-3-7-19(21)30-24(33)25(34)31-28-14-16-10-12-17(13-11-16)36-15-22(32)29-20-8-5-6-18(26)23(20)27/h3-14H,2,15H2,1H3,(H,29,32)(H,30,33)(H,31,34)/b28-14-. The Morgan fingerprint density at radius 1 is 0.861 bits per heavy atom. The molecule has 0 aliphatic heterocycles. The van der Waals surface area contributed by atoms with Gasteiger partial charge in [-0.25, -0.2) is 5.43 Å². The van der Waals surface area contributed by atoms with Gasteiger partial charge in [-0.15, -0.1) is 0 Å². The zero-order valence-corrected chi connectivity index (χ0v) is 20.6. The van der Waals surface area contributed by atoms with Crippen LogP contribution in [0.4, 0.5) is 11.4 Å².